The maximum atomic E-state index is 9.85. The van der Waals surface area contributed by atoms with Gasteiger partial charge in [0.25, 0.3) is 0 Å². The summed E-state index contributed by atoms with van der Waals surface area (Å²) < 4.78 is 2.72. The first kappa shape index (κ1) is 11.7. The van der Waals surface area contributed by atoms with Gasteiger partial charge in [-0.25, -0.2) is 0 Å². The molecule has 0 bridgehead atoms. The van der Waals surface area contributed by atoms with Gasteiger partial charge < -0.3 is 10.8 Å². The predicted octanol–water partition coefficient (Wildman–Crippen LogP) is 0.743. The average molecular weight is 262 g/mol. The topological polar surface area (TPSA) is 64.1 Å². The minimum Gasteiger partial charge on any atom is -0.388 e. The summed E-state index contributed by atoms with van der Waals surface area (Å²) in [6, 6.07) is 0. The van der Waals surface area contributed by atoms with Gasteiger partial charge in [0.15, 0.2) is 0 Å². The second kappa shape index (κ2) is 4.00. The van der Waals surface area contributed by atoms with Crippen LogP contribution in [0.15, 0.2) is 4.47 Å². The Labute approximate surface area is 92.2 Å². The molecule has 0 amide bonds. The molecule has 0 aliphatic heterocycles. The molecule has 1 heterocycles. The van der Waals surface area contributed by atoms with Gasteiger partial charge in [-0.15, -0.1) is 0 Å². The van der Waals surface area contributed by atoms with E-state index >= 15 is 0 Å². The third kappa shape index (κ3) is 2.34. The highest BCUT2D eigenvalue weighted by Crippen LogP contribution is 2.23. The first-order valence-corrected chi connectivity index (χ1v) is 5.27. The highest BCUT2D eigenvalue weighted by molar-refractivity contribution is 9.10. The molecule has 0 fully saturated rings. The Kier molecular flexibility index (Phi) is 3.34. The van der Waals surface area contributed by atoms with E-state index in [1.165, 1.54) is 0 Å². The summed E-state index contributed by atoms with van der Waals surface area (Å²) in [6.07, 6.45) is 0.501. The van der Waals surface area contributed by atoms with Crippen LogP contribution in [0.3, 0.4) is 0 Å². The molecule has 0 spiro atoms. The zero-order valence-corrected chi connectivity index (χ0v) is 10.3. The normalized spacial score (nSPS) is 15.6. The molecular formula is C9H16BrN3O. The summed E-state index contributed by atoms with van der Waals surface area (Å²) >= 11 is 3.45. The van der Waals surface area contributed by atoms with Crippen molar-refractivity contribution in [2.24, 2.45) is 12.8 Å². The highest BCUT2D eigenvalue weighted by atomic mass is 79.9. The number of aryl methyl sites for hydroxylation is 2. The van der Waals surface area contributed by atoms with Crippen LogP contribution in [-0.4, -0.2) is 27.0 Å². The summed E-state index contributed by atoms with van der Waals surface area (Å²) in [5, 5.41) is 14.1. The van der Waals surface area contributed by atoms with Crippen molar-refractivity contribution in [2.45, 2.75) is 25.9 Å². The van der Waals surface area contributed by atoms with E-state index in [-0.39, 0.29) is 6.54 Å². The minimum atomic E-state index is -0.872. The fourth-order valence-electron chi connectivity index (χ4n) is 1.31. The van der Waals surface area contributed by atoms with Gasteiger partial charge in [0.1, 0.15) is 0 Å². The Morgan fingerprint density at radius 3 is 2.57 bits per heavy atom. The van der Waals surface area contributed by atoms with Crippen molar-refractivity contribution < 1.29 is 5.11 Å². The van der Waals surface area contributed by atoms with E-state index in [9.17, 15) is 5.11 Å². The van der Waals surface area contributed by atoms with Crippen molar-refractivity contribution in [3.8, 4) is 0 Å². The van der Waals surface area contributed by atoms with Crippen LogP contribution in [0.2, 0.25) is 0 Å². The Balaban J connectivity index is 2.97. The smallest absolute Gasteiger partial charge is 0.0796 e. The largest absolute Gasteiger partial charge is 0.388 e. The summed E-state index contributed by atoms with van der Waals surface area (Å²) in [6.45, 7) is 3.89. The molecule has 0 aliphatic rings. The first-order valence-electron chi connectivity index (χ1n) is 4.48. The van der Waals surface area contributed by atoms with Crippen LogP contribution in [0.25, 0.3) is 0 Å². The van der Waals surface area contributed by atoms with Crippen LogP contribution < -0.4 is 5.73 Å². The van der Waals surface area contributed by atoms with Gasteiger partial charge in [0, 0.05) is 20.0 Å². The Morgan fingerprint density at radius 1 is 1.64 bits per heavy atom. The number of hydrogen-bond donors (Lipinski definition) is 2. The Bertz CT molecular complexity index is 333. The number of nitrogens with zero attached hydrogens (tertiary/aromatic N) is 2. The number of hydrogen-bond acceptors (Lipinski definition) is 3. The molecule has 80 valence electrons. The van der Waals surface area contributed by atoms with Crippen LogP contribution in [0.1, 0.15) is 18.3 Å². The molecule has 0 saturated heterocycles. The van der Waals surface area contributed by atoms with Gasteiger partial charge in [-0.05, 0) is 29.8 Å². The van der Waals surface area contributed by atoms with Crippen LogP contribution in [0.4, 0.5) is 0 Å². The number of aromatic nitrogens is 2. The Hall–Kier alpha value is -0.390. The SMILES string of the molecule is Cc1nn(C)c(CC(C)(O)CN)c1Br. The molecular weight excluding hydrogens is 246 g/mol. The summed E-state index contributed by atoms with van der Waals surface area (Å²) in [5.74, 6) is 0. The lowest BCUT2D eigenvalue weighted by molar-refractivity contribution is 0.0675. The number of aliphatic hydroxyl groups is 1. The van der Waals surface area contributed by atoms with Crippen molar-refractivity contribution >= 4 is 15.9 Å². The maximum Gasteiger partial charge on any atom is 0.0796 e. The lowest BCUT2D eigenvalue weighted by Gasteiger charge is -2.21. The molecule has 5 heteroatoms. The zero-order chi connectivity index (χ0) is 10.9. The van der Waals surface area contributed by atoms with Gasteiger partial charge in [0.2, 0.25) is 0 Å². The van der Waals surface area contributed by atoms with Crippen molar-refractivity contribution in [2.75, 3.05) is 6.54 Å². The molecule has 3 N–H and O–H groups in total. The quantitative estimate of drug-likeness (QED) is 0.844. The molecule has 1 aromatic heterocycles. The molecule has 1 aromatic rings. The lowest BCUT2D eigenvalue weighted by Crippen LogP contribution is -2.37. The minimum absolute atomic E-state index is 0.240. The molecule has 0 radical (unpaired) electrons. The van der Waals surface area contributed by atoms with E-state index in [2.05, 4.69) is 21.0 Å². The van der Waals surface area contributed by atoms with Crippen LogP contribution >= 0.6 is 15.9 Å². The second-order valence-corrected chi connectivity index (χ2v) is 4.64. The molecule has 0 aliphatic carbocycles. The molecule has 1 unspecified atom stereocenters. The summed E-state index contributed by atoms with van der Waals surface area (Å²) in [4.78, 5) is 0. The van der Waals surface area contributed by atoms with E-state index in [4.69, 9.17) is 5.73 Å². The number of rotatable bonds is 3. The predicted molar refractivity (Wildman–Crippen MR) is 59.0 cm³/mol. The average Bonchev–Trinajstić information content (AvgIpc) is 2.32. The third-order valence-electron chi connectivity index (χ3n) is 2.25. The van der Waals surface area contributed by atoms with E-state index in [0.717, 1.165) is 15.9 Å². The monoisotopic (exact) mass is 261 g/mol. The van der Waals surface area contributed by atoms with E-state index < -0.39 is 5.60 Å². The zero-order valence-electron chi connectivity index (χ0n) is 8.71. The van der Waals surface area contributed by atoms with Crippen LogP contribution in [0.5, 0.6) is 0 Å². The second-order valence-electron chi connectivity index (χ2n) is 3.85. The fraction of sp³-hybridized carbons (Fsp3) is 0.667. The van der Waals surface area contributed by atoms with Crippen molar-refractivity contribution in [1.82, 2.24) is 9.78 Å². The van der Waals surface area contributed by atoms with Gasteiger partial charge >= 0.3 is 0 Å². The molecule has 4 nitrogen and oxygen atoms in total. The van der Waals surface area contributed by atoms with Crippen LogP contribution in [0, 0.1) is 6.92 Å². The molecule has 1 rings (SSSR count). The summed E-state index contributed by atoms with van der Waals surface area (Å²) in [5.41, 5.74) is 6.49. The lowest BCUT2D eigenvalue weighted by atomic mass is 10.0. The standard InChI is InChI=1S/C9H16BrN3O/c1-6-8(10)7(13(3)12-6)4-9(2,14)5-11/h14H,4-5,11H2,1-3H3. The van der Waals surface area contributed by atoms with E-state index in [1.807, 2.05) is 14.0 Å². The van der Waals surface area contributed by atoms with Gasteiger partial charge in [0.05, 0.1) is 21.5 Å². The maximum absolute atomic E-state index is 9.85. The number of halogens is 1. The summed E-state index contributed by atoms with van der Waals surface area (Å²) in [7, 11) is 1.86. The first-order chi connectivity index (χ1) is 6.37. The van der Waals surface area contributed by atoms with E-state index in [1.54, 1.807) is 11.6 Å². The highest BCUT2D eigenvalue weighted by Gasteiger charge is 2.23. The van der Waals surface area contributed by atoms with Gasteiger partial charge in [-0.3, -0.25) is 4.68 Å². The molecule has 0 saturated carbocycles. The van der Waals surface area contributed by atoms with Crippen molar-refractivity contribution in [3.63, 3.8) is 0 Å². The van der Waals surface area contributed by atoms with Crippen LogP contribution in [-0.2, 0) is 13.5 Å². The Morgan fingerprint density at radius 2 is 2.21 bits per heavy atom. The van der Waals surface area contributed by atoms with Gasteiger partial charge in [-0.2, -0.15) is 5.10 Å². The fourth-order valence-corrected chi connectivity index (χ4v) is 1.78. The van der Waals surface area contributed by atoms with Gasteiger partial charge in [-0.1, -0.05) is 0 Å². The van der Waals surface area contributed by atoms with Crippen molar-refractivity contribution in [3.05, 3.63) is 15.9 Å². The van der Waals surface area contributed by atoms with E-state index in [0.29, 0.717) is 6.42 Å². The molecule has 0 aromatic carbocycles. The molecule has 14 heavy (non-hydrogen) atoms. The number of nitrogens with two attached hydrogens (primary N) is 1. The molecule has 1 atom stereocenters. The van der Waals surface area contributed by atoms with Crippen molar-refractivity contribution in [1.29, 1.82) is 0 Å². The third-order valence-corrected chi connectivity index (χ3v) is 3.28.